The van der Waals surface area contributed by atoms with E-state index in [0.29, 0.717) is 39.0 Å². The first-order valence-corrected chi connectivity index (χ1v) is 10.0. The number of nitrogens with zero attached hydrogens (tertiary/aromatic N) is 2. The maximum absolute atomic E-state index is 13.1. The van der Waals surface area contributed by atoms with Gasteiger partial charge in [-0.3, -0.25) is 9.69 Å². The highest BCUT2D eigenvalue weighted by Crippen LogP contribution is 2.24. The molecule has 156 valence electrons. The van der Waals surface area contributed by atoms with Crippen LogP contribution in [0.25, 0.3) is 0 Å². The molecule has 1 saturated heterocycles. The van der Waals surface area contributed by atoms with Gasteiger partial charge in [0.15, 0.2) is 0 Å². The summed E-state index contributed by atoms with van der Waals surface area (Å²) in [6.07, 6.45) is 2.15. The Morgan fingerprint density at radius 3 is 2.62 bits per heavy atom. The lowest BCUT2D eigenvalue weighted by Gasteiger charge is -2.31. The molecule has 1 fully saturated rings. The second-order valence-corrected chi connectivity index (χ2v) is 8.10. The first-order chi connectivity index (χ1) is 13.8. The first-order valence-electron chi connectivity index (χ1n) is 10.0. The molecular weight excluding hydrogens is 371 g/mol. The second-order valence-electron chi connectivity index (χ2n) is 8.10. The molecule has 0 saturated carbocycles. The highest BCUT2D eigenvalue weighted by molar-refractivity contribution is 5.78. The van der Waals surface area contributed by atoms with E-state index < -0.39 is 5.60 Å². The number of halogens is 1. The van der Waals surface area contributed by atoms with E-state index in [4.69, 9.17) is 0 Å². The quantitative estimate of drug-likeness (QED) is 0.783. The summed E-state index contributed by atoms with van der Waals surface area (Å²) in [5.74, 6) is -0.0847. The molecule has 5 nitrogen and oxygen atoms in total. The molecule has 2 N–H and O–H groups in total. The summed E-state index contributed by atoms with van der Waals surface area (Å²) in [5, 5.41) is 20.7. The van der Waals surface area contributed by atoms with E-state index in [1.165, 1.54) is 12.1 Å². The van der Waals surface area contributed by atoms with Crippen LogP contribution in [0.15, 0.2) is 48.5 Å². The smallest absolute Gasteiger partial charge is 0.226 e. The minimum absolute atomic E-state index is 0.0134. The van der Waals surface area contributed by atoms with Gasteiger partial charge in [0.05, 0.1) is 12.0 Å². The highest BCUT2D eigenvalue weighted by Gasteiger charge is 2.32. The summed E-state index contributed by atoms with van der Waals surface area (Å²) in [6.45, 7) is 2.27. The number of carbonyl (C=O) groups excluding carboxylic acids is 1. The SMILES string of the molecule is CN(Cc1ccc(F)cc1)CC1(O)CCCN(C(=O)Cc2cccc(O)c2)CC1. The normalized spacial score (nSPS) is 19.9. The van der Waals surface area contributed by atoms with E-state index in [1.807, 2.05) is 22.9 Å². The predicted molar refractivity (Wildman–Crippen MR) is 110 cm³/mol. The zero-order chi connectivity index (χ0) is 20.9. The van der Waals surface area contributed by atoms with Crippen molar-refractivity contribution in [3.8, 4) is 5.75 Å². The maximum atomic E-state index is 13.1. The third-order valence-corrected chi connectivity index (χ3v) is 5.47. The van der Waals surface area contributed by atoms with Crippen molar-refractivity contribution >= 4 is 5.91 Å². The summed E-state index contributed by atoms with van der Waals surface area (Å²) < 4.78 is 13.1. The molecule has 0 aromatic heterocycles. The Bertz CT molecular complexity index is 827. The molecule has 0 spiro atoms. The van der Waals surface area contributed by atoms with E-state index in [-0.39, 0.29) is 23.9 Å². The molecule has 1 atom stereocenters. The molecule has 6 heteroatoms. The van der Waals surface area contributed by atoms with E-state index >= 15 is 0 Å². The van der Waals surface area contributed by atoms with Crippen molar-refractivity contribution in [2.75, 3.05) is 26.7 Å². The molecule has 1 heterocycles. The maximum Gasteiger partial charge on any atom is 0.226 e. The molecule has 2 aromatic rings. The summed E-state index contributed by atoms with van der Waals surface area (Å²) in [5.41, 5.74) is 0.928. The van der Waals surface area contributed by atoms with E-state index in [1.54, 1.807) is 30.3 Å². The molecule has 1 amide bonds. The molecule has 29 heavy (non-hydrogen) atoms. The van der Waals surface area contributed by atoms with Gasteiger partial charge in [-0.25, -0.2) is 4.39 Å². The number of benzene rings is 2. The lowest BCUT2D eigenvalue weighted by molar-refractivity contribution is -0.130. The van der Waals surface area contributed by atoms with Crippen LogP contribution in [-0.2, 0) is 17.8 Å². The highest BCUT2D eigenvalue weighted by atomic mass is 19.1. The predicted octanol–water partition coefficient (Wildman–Crippen LogP) is 2.95. The fourth-order valence-electron chi connectivity index (χ4n) is 4.00. The largest absolute Gasteiger partial charge is 0.508 e. The van der Waals surface area contributed by atoms with Crippen LogP contribution in [0, 0.1) is 5.82 Å². The second kappa shape index (κ2) is 9.37. The zero-order valence-electron chi connectivity index (χ0n) is 16.9. The lowest BCUT2D eigenvalue weighted by Crippen LogP contribution is -2.42. The lowest BCUT2D eigenvalue weighted by atomic mass is 9.94. The molecule has 1 unspecified atom stereocenters. The molecule has 0 aliphatic carbocycles. The Morgan fingerprint density at radius 2 is 1.90 bits per heavy atom. The van der Waals surface area contributed by atoms with Crippen LogP contribution in [-0.4, -0.2) is 58.2 Å². The van der Waals surface area contributed by atoms with Crippen molar-refractivity contribution in [2.24, 2.45) is 0 Å². The van der Waals surface area contributed by atoms with Crippen molar-refractivity contribution in [1.82, 2.24) is 9.80 Å². The van der Waals surface area contributed by atoms with Gasteiger partial charge >= 0.3 is 0 Å². The number of likely N-dealkylation sites (tertiary alicyclic amines) is 1. The van der Waals surface area contributed by atoms with Crippen molar-refractivity contribution in [2.45, 2.75) is 37.8 Å². The van der Waals surface area contributed by atoms with Gasteiger partial charge in [0.1, 0.15) is 11.6 Å². The number of aromatic hydroxyl groups is 1. The Morgan fingerprint density at radius 1 is 1.14 bits per heavy atom. The van der Waals surface area contributed by atoms with Gasteiger partial charge in [0.2, 0.25) is 5.91 Å². The molecule has 0 radical (unpaired) electrons. The van der Waals surface area contributed by atoms with Crippen LogP contribution in [0.4, 0.5) is 4.39 Å². The standard InChI is InChI=1S/C23H29FN2O3/c1-25(16-18-6-8-20(24)9-7-18)17-23(29)10-3-12-26(13-11-23)22(28)15-19-4-2-5-21(27)14-19/h2,4-9,14,27,29H,3,10-13,15-17H2,1H3. The minimum Gasteiger partial charge on any atom is -0.508 e. The average molecular weight is 400 g/mol. The van der Waals surface area contributed by atoms with Gasteiger partial charge in [0, 0.05) is 26.2 Å². The van der Waals surface area contributed by atoms with Crippen LogP contribution in [0.3, 0.4) is 0 Å². The molecule has 3 rings (SSSR count). The first kappa shape index (κ1) is 21.3. The van der Waals surface area contributed by atoms with E-state index in [0.717, 1.165) is 17.5 Å². The van der Waals surface area contributed by atoms with Gasteiger partial charge in [-0.2, -0.15) is 0 Å². The average Bonchev–Trinajstić information content (AvgIpc) is 2.85. The van der Waals surface area contributed by atoms with Gasteiger partial charge in [-0.1, -0.05) is 24.3 Å². The topological polar surface area (TPSA) is 64.0 Å². The van der Waals surface area contributed by atoms with Crippen molar-refractivity contribution in [3.05, 3.63) is 65.5 Å². The molecular formula is C23H29FN2O3. The number of aliphatic hydroxyl groups is 1. The van der Waals surface area contributed by atoms with Crippen LogP contribution < -0.4 is 0 Å². The summed E-state index contributed by atoms with van der Waals surface area (Å²) >= 11 is 0. The van der Waals surface area contributed by atoms with Gasteiger partial charge in [-0.15, -0.1) is 0 Å². The number of likely N-dealkylation sites (N-methyl/N-ethyl adjacent to an activating group) is 1. The van der Waals surface area contributed by atoms with Gasteiger partial charge in [-0.05, 0) is 61.7 Å². The van der Waals surface area contributed by atoms with Crippen molar-refractivity contribution in [3.63, 3.8) is 0 Å². The third-order valence-electron chi connectivity index (χ3n) is 5.47. The van der Waals surface area contributed by atoms with Crippen LogP contribution >= 0.6 is 0 Å². The number of carbonyl (C=O) groups is 1. The van der Waals surface area contributed by atoms with Crippen molar-refractivity contribution in [1.29, 1.82) is 0 Å². The summed E-state index contributed by atoms with van der Waals surface area (Å²) in [7, 11) is 1.94. The molecule has 1 aliphatic heterocycles. The number of hydrogen-bond acceptors (Lipinski definition) is 4. The fraction of sp³-hybridized carbons (Fsp3) is 0.435. The van der Waals surface area contributed by atoms with Crippen LogP contribution in [0.1, 0.15) is 30.4 Å². The Balaban J connectivity index is 1.53. The number of hydrogen-bond donors (Lipinski definition) is 2. The third kappa shape index (κ3) is 6.27. The monoisotopic (exact) mass is 400 g/mol. The minimum atomic E-state index is -0.852. The summed E-state index contributed by atoms with van der Waals surface area (Å²) in [4.78, 5) is 16.5. The molecule has 2 aromatic carbocycles. The molecule has 1 aliphatic rings. The Hall–Kier alpha value is -2.44. The number of amides is 1. The van der Waals surface area contributed by atoms with Crippen molar-refractivity contribution < 1.29 is 19.4 Å². The van der Waals surface area contributed by atoms with E-state index in [2.05, 4.69) is 0 Å². The van der Waals surface area contributed by atoms with Gasteiger partial charge < -0.3 is 15.1 Å². The zero-order valence-corrected chi connectivity index (χ0v) is 16.9. The number of phenols is 1. The Kier molecular flexibility index (Phi) is 6.87. The fourth-order valence-corrected chi connectivity index (χ4v) is 4.00. The Labute approximate surface area is 171 Å². The summed E-state index contributed by atoms with van der Waals surface area (Å²) in [6, 6.07) is 13.2. The number of rotatable bonds is 6. The molecule has 0 bridgehead atoms. The van der Waals surface area contributed by atoms with Crippen LogP contribution in [0.5, 0.6) is 5.75 Å². The number of phenolic OH excluding ortho intramolecular Hbond substituents is 1. The van der Waals surface area contributed by atoms with Gasteiger partial charge in [0.25, 0.3) is 0 Å². The van der Waals surface area contributed by atoms with E-state index in [9.17, 15) is 19.4 Å². The van der Waals surface area contributed by atoms with Crippen LogP contribution in [0.2, 0.25) is 0 Å².